The number of rotatable bonds is 6. The lowest BCUT2D eigenvalue weighted by Crippen LogP contribution is -2.17. The number of halogens is 1. The third-order valence-electron chi connectivity index (χ3n) is 4.39. The average Bonchev–Trinajstić information content (AvgIpc) is 3.23. The zero-order valence-electron chi connectivity index (χ0n) is 16.0. The molecule has 0 fully saturated rings. The molecule has 2 aromatic carbocycles. The Morgan fingerprint density at radius 3 is 2.65 bits per heavy atom. The summed E-state index contributed by atoms with van der Waals surface area (Å²) >= 11 is 0. The van der Waals surface area contributed by atoms with E-state index in [2.05, 4.69) is 20.4 Å². The number of pyridine rings is 1. The third-order valence-corrected chi connectivity index (χ3v) is 4.39. The summed E-state index contributed by atoms with van der Waals surface area (Å²) < 4.78 is 14.2. The Labute approximate surface area is 175 Å². The molecule has 2 aromatic heterocycles. The smallest absolute Gasteiger partial charge is 0.281 e. The molecule has 1 N–H and O–H groups in total. The lowest BCUT2D eigenvalue weighted by atomic mass is 10.2. The minimum atomic E-state index is -0.590. The highest BCUT2D eigenvalue weighted by Gasteiger charge is 2.20. The fourth-order valence-electron chi connectivity index (χ4n) is 2.84. The molecule has 0 aliphatic heterocycles. The Morgan fingerprint density at radius 1 is 1.13 bits per heavy atom. The van der Waals surface area contributed by atoms with Crippen LogP contribution in [0.25, 0.3) is 11.4 Å². The van der Waals surface area contributed by atoms with Crippen LogP contribution in [0.2, 0.25) is 0 Å². The van der Waals surface area contributed by atoms with Crippen molar-refractivity contribution in [3.05, 3.63) is 100 Å². The van der Waals surface area contributed by atoms with Crippen molar-refractivity contribution in [1.82, 2.24) is 19.7 Å². The molecule has 0 spiro atoms. The van der Waals surface area contributed by atoms with Gasteiger partial charge in [-0.3, -0.25) is 19.9 Å². The molecule has 154 valence electrons. The summed E-state index contributed by atoms with van der Waals surface area (Å²) in [6.07, 6.45) is 3.16. The standard InChI is InChI=1S/C21H15FN6O3/c22-17-8-6-14(7-9-17)12-24-21-25-19(16-4-2-10-23-13-16)26-27(21)20(29)15-3-1-5-18(11-15)28(30)31/h1-11,13H,12H2,(H,24,25,26). The summed E-state index contributed by atoms with van der Waals surface area (Å²) in [5.74, 6) is -0.548. The predicted molar refractivity (Wildman–Crippen MR) is 110 cm³/mol. The van der Waals surface area contributed by atoms with E-state index in [-0.39, 0.29) is 35.4 Å². The fraction of sp³-hybridized carbons (Fsp3) is 0.0476. The van der Waals surface area contributed by atoms with E-state index in [4.69, 9.17) is 0 Å². The van der Waals surface area contributed by atoms with Gasteiger partial charge in [0.25, 0.3) is 11.6 Å². The molecule has 0 amide bonds. The van der Waals surface area contributed by atoms with Gasteiger partial charge in [-0.2, -0.15) is 9.67 Å². The molecule has 0 bridgehead atoms. The molecule has 9 nitrogen and oxygen atoms in total. The maximum Gasteiger partial charge on any atom is 0.281 e. The van der Waals surface area contributed by atoms with Crippen molar-refractivity contribution >= 4 is 17.5 Å². The van der Waals surface area contributed by atoms with Crippen LogP contribution < -0.4 is 5.32 Å². The number of aromatic nitrogens is 4. The fourth-order valence-corrected chi connectivity index (χ4v) is 2.84. The second-order valence-electron chi connectivity index (χ2n) is 6.51. The number of anilines is 1. The van der Waals surface area contributed by atoms with Crippen LogP contribution in [-0.2, 0) is 6.54 Å². The summed E-state index contributed by atoms with van der Waals surface area (Å²) in [7, 11) is 0. The highest BCUT2D eigenvalue weighted by atomic mass is 19.1. The van der Waals surface area contributed by atoms with Gasteiger partial charge >= 0.3 is 0 Å². The molecular weight excluding hydrogens is 403 g/mol. The van der Waals surface area contributed by atoms with Gasteiger partial charge in [0.15, 0.2) is 5.82 Å². The minimum absolute atomic E-state index is 0.0849. The third kappa shape index (κ3) is 4.42. The van der Waals surface area contributed by atoms with Gasteiger partial charge in [-0.1, -0.05) is 18.2 Å². The van der Waals surface area contributed by atoms with Crippen LogP contribution in [0.1, 0.15) is 15.9 Å². The molecule has 0 unspecified atom stereocenters. The normalized spacial score (nSPS) is 10.6. The van der Waals surface area contributed by atoms with E-state index in [1.807, 2.05) is 0 Å². The first-order chi connectivity index (χ1) is 15.0. The molecule has 4 rings (SSSR count). The highest BCUT2D eigenvalue weighted by Crippen LogP contribution is 2.20. The summed E-state index contributed by atoms with van der Waals surface area (Å²) in [4.78, 5) is 32.0. The Bertz CT molecular complexity index is 1240. The molecule has 0 atom stereocenters. The number of nitro groups is 1. The Hall–Kier alpha value is -4.47. The van der Waals surface area contributed by atoms with Crippen LogP contribution in [-0.4, -0.2) is 30.6 Å². The van der Waals surface area contributed by atoms with Gasteiger partial charge in [-0.25, -0.2) is 4.39 Å². The monoisotopic (exact) mass is 418 g/mol. The Balaban J connectivity index is 1.69. The molecule has 0 saturated carbocycles. The van der Waals surface area contributed by atoms with E-state index in [1.54, 1.807) is 36.7 Å². The number of hydrogen-bond donors (Lipinski definition) is 1. The zero-order valence-corrected chi connectivity index (χ0v) is 16.0. The Kier molecular flexibility index (Phi) is 5.43. The van der Waals surface area contributed by atoms with Crippen LogP contribution in [0.15, 0.2) is 73.1 Å². The van der Waals surface area contributed by atoms with E-state index in [9.17, 15) is 19.3 Å². The van der Waals surface area contributed by atoms with Gasteiger partial charge in [0.2, 0.25) is 5.95 Å². The number of hydrogen-bond acceptors (Lipinski definition) is 7. The van der Waals surface area contributed by atoms with Gasteiger partial charge in [0.1, 0.15) is 5.82 Å². The summed E-state index contributed by atoms with van der Waals surface area (Å²) in [5, 5.41) is 18.4. The quantitative estimate of drug-likeness (QED) is 0.375. The van der Waals surface area contributed by atoms with E-state index in [0.717, 1.165) is 10.2 Å². The van der Waals surface area contributed by atoms with E-state index < -0.39 is 10.8 Å². The van der Waals surface area contributed by atoms with Gasteiger partial charge in [-0.05, 0) is 35.9 Å². The summed E-state index contributed by atoms with van der Waals surface area (Å²) in [6.45, 7) is 0.258. The van der Waals surface area contributed by atoms with E-state index >= 15 is 0 Å². The SMILES string of the molecule is O=C(c1cccc([N+](=O)[O-])c1)n1nc(-c2cccnc2)nc1NCc1ccc(F)cc1. The molecule has 0 aliphatic carbocycles. The van der Waals surface area contributed by atoms with Gasteiger partial charge in [0, 0.05) is 42.2 Å². The van der Waals surface area contributed by atoms with E-state index in [1.165, 1.54) is 36.4 Å². The number of nitro benzene ring substituents is 1. The molecule has 0 aliphatic rings. The molecule has 4 aromatic rings. The first kappa shape index (κ1) is 19.8. The van der Waals surface area contributed by atoms with Crippen LogP contribution in [0, 0.1) is 15.9 Å². The second-order valence-corrected chi connectivity index (χ2v) is 6.51. The number of nitrogens with one attached hydrogen (secondary N) is 1. The van der Waals surface area contributed by atoms with Crippen molar-refractivity contribution in [1.29, 1.82) is 0 Å². The van der Waals surface area contributed by atoms with Crippen molar-refractivity contribution < 1.29 is 14.1 Å². The van der Waals surface area contributed by atoms with Crippen LogP contribution in [0.3, 0.4) is 0 Å². The summed E-state index contributed by atoms with van der Waals surface area (Å²) in [5.41, 5.74) is 1.24. The molecule has 10 heteroatoms. The number of carbonyl (C=O) groups excluding carboxylic acids is 1. The number of carbonyl (C=O) groups is 1. The van der Waals surface area contributed by atoms with Crippen molar-refractivity contribution in [2.45, 2.75) is 6.54 Å². The molecular formula is C21H15FN6O3. The van der Waals surface area contributed by atoms with Crippen molar-refractivity contribution in [2.75, 3.05) is 5.32 Å². The molecule has 2 heterocycles. The summed E-state index contributed by atoms with van der Waals surface area (Å²) in [6, 6.07) is 14.7. The lowest BCUT2D eigenvalue weighted by molar-refractivity contribution is -0.384. The minimum Gasteiger partial charge on any atom is -0.350 e. The average molecular weight is 418 g/mol. The van der Waals surface area contributed by atoms with Crippen molar-refractivity contribution in [3.8, 4) is 11.4 Å². The lowest BCUT2D eigenvalue weighted by Gasteiger charge is -2.07. The highest BCUT2D eigenvalue weighted by molar-refractivity contribution is 5.97. The van der Waals surface area contributed by atoms with Gasteiger partial charge in [-0.15, -0.1) is 5.10 Å². The van der Waals surface area contributed by atoms with Crippen LogP contribution in [0.4, 0.5) is 16.0 Å². The number of nitrogens with zero attached hydrogens (tertiary/aromatic N) is 5. The maximum atomic E-state index is 13.1. The molecule has 31 heavy (non-hydrogen) atoms. The molecule has 0 radical (unpaired) electrons. The van der Waals surface area contributed by atoms with Crippen LogP contribution >= 0.6 is 0 Å². The van der Waals surface area contributed by atoms with Crippen molar-refractivity contribution in [2.24, 2.45) is 0 Å². The Morgan fingerprint density at radius 2 is 1.94 bits per heavy atom. The number of non-ortho nitro benzene ring substituents is 1. The van der Waals surface area contributed by atoms with Crippen molar-refractivity contribution in [3.63, 3.8) is 0 Å². The van der Waals surface area contributed by atoms with Crippen LogP contribution in [0.5, 0.6) is 0 Å². The molecule has 0 saturated heterocycles. The first-order valence-electron chi connectivity index (χ1n) is 9.16. The topological polar surface area (TPSA) is 116 Å². The largest absolute Gasteiger partial charge is 0.350 e. The maximum absolute atomic E-state index is 13.1. The number of benzene rings is 2. The first-order valence-corrected chi connectivity index (χ1v) is 9.16. The second kappa shape index (κ2) is 8.49. The van der Waals surface area contributed by atoms with Gasteiger partial charge < -0.3 is 5.32 Å². The van der Waals surface area contributed by atoms with E-state index in [0.29, 0.717) is 5.56 Å². The van der Waals surface area contributed by atoms with Gasteiger partial charge in [0.05, 0.1) is 4.92 Å². The zero-order chi connectivity index (χ0) is 21.8. The predicted octanol–water partition coefficient (Wildman–Crippen LogP) is 3.69.